The second-order valence-corrected chi connectivity index (χ2v) is 5.30. The maximum Gasteiger partial charge on any atom is 0.271 e. The molecule has 0 spiro atoms. The first-order valence-electron chi connectivity index (χ1n) is 7.57. The molecule has 3 aromatic heterocycles. The maximum atomic E-state index is 12.2. The van der Waals surface area contributed by atoms with Crippen LogP contribution in [-0.2, 0) is 11.3 Å². The van der Waals surface area contributed by atoms with Gasteiger partial charge in [-0.3, -0.25) is 19.1 Å². The quantitative estimate of drug-likeness (QED) is 0.736. The Balaban J connectivity index is 1.65. The van der Waals surface area contributed by atoms with Crippen LogP contribution in [0.3, 0.4) is 0 Å². The van der Waals surface area contributed by atoms with Crippen molar-refractivity contribution in [3.63, 3.8) is 0 Å². The van der Waals surface area contributed by atoms with Crippen molar-refractivity contribution in [1.82, 2.24) is 24.8 Å². The minimum Gasteiger partial charge on any atom is -0.347 e. The highest BCUT2D eigenvalue weighted by Crippen LogP contribution is 2.10. The number of carbonyl (C=O) groups excluding carboxylic acids is 2. The van der Waals surface area contributed by atoms with Crippen LogP contribution in [0.5, 0.6) is 0 Å². The minimum atomic E-state index is -0.280. The first-order chi connectivity index (χ1) is 12.1. The third kappa shape index (κ3) is 4.25. The Hall–Kier alpha value is -3.55. The highest BCUT2D eigenvalue weighted by molar-refractivity contribution is 5.92. The van der Waals surface area contributed by atoms with E-state index in [-0.39, 0.29) is 17.5 Å². The standard InChI is InChI=1S/C17H16N6O2/c1-12(24)22-14-4-5-16(19-9-14)23-10-15(21-11-23)17(25)20-8-13-3-2-6-18-7-13/h2-7,9-11H,8H2,1H3,(H,20,25)(H,22,24). The topological polar surface area (TPSA) is 102 Å². The summed E-state index contributed by atoms with van der Waals surface area (Å²) in [4.78, 5) is 35.5. The molecule has 8 heteroatoms. The average molecular weight is 336 g/mol. The van der Waals surface area contributed by atoms with E-state index in [9.17, 15) is 9.59 Å². The Morgan fingerprint density at radius 3 is 2.72 bits per heavy atom. The number of aromatic nitrogens is 4. The normalized spacial score (nSPS) is 10.3. The minimum absolute atomic E-state index is 0.162. The fraction of sp³-hybridized carbons (Fsp3) is 0.118. The molecule has 0 aromatic carbocycles. The lowest BCUT2D eigenvalue weighted by molar-refractivity contribution is -0.114. The summed E-state index contributed by atoms with van der Waals surface area (Å²) in [5, 5.41) is 5.43. The molecule has 2 amide bonds. The van der Waals surface area contributed by atoms with Crippen molar-refractivity contribution in [1.29, 1.82) is 0 Å². The van der Waals surface area contributed by atoms with Gasteiger partial charge in [-0.25, -0.2) is 9.97 Å². The van der Waals surface area contributed by atoms with Crippen LogP contribution in [0.15, 0.2) is 55.4 Å². The molecular weight excluding hydrogens is 320 g/mol. The molecule has 0 aliphatic heterocycles. The summed E-state index contributed by atoms with van der Waals surface area (Å²) in [7, 11) is 0. The summed E-state index contributed by atoms with van der Waals surface area (Å²) in [6.45, 7) is 1.81. The molecular formula is C17H16N6O2. The first-order valence-corrected chi connectivity index (χ1v) is 7.57. The third-order valence-corrected chi connectivity index (χ3v) is 3.32. The van der Waals surface area contributed by atoms with Gasteiger partial charge in [-0.2, -0.15) is 0 Å². The predicted molar refractivity (Wildman–Crippen MR) is 91.1 cm³/mol. The van der Waals surface area contributed by atoms with Crippen molar-refractivity contribution in [2.45, 2.75) is 13.5 Å². The number of hydrogen-bond donors (Lipinski definition) is 2. The van der Waals surface area contributed by atoms with Crippen molar-refractivity contribution in [3.05, 3.63) is 66.6 Å². The average Bonchev–Trinajstić information content (AvgIpc) is 3.11. The number of carbonyl (C=O) groups is 2. The Bertz CT molecular complexity index is 874. The number of hydrogen-bond acceptors (Lipinski definition) is 5. The van der Waals surface area contributed by atoms with Gasteiger partial charge in [0.1, 0.15) is 17.8 Å². The molecule has 25 heavy (non-hydrogen) atoms. The van der Waals surface area contributed by atoms with Gasteiger partial charge in [0, 0.05) is 32.1 Å². The van der Waals surface area contributed by atoms with E-state index in [0.717, 1.165) is 5.56 Å². The number of amides is 2. The highest BCUT2D eigenvalue weighted by Gasteiger charge is 2.10. The van der Waals surface area contributed by atoms with E-state index >= 15 is 0 Å². The number of nitrogens with one attached hydrogen (secondary N) is 2. The molecule has 3 heterocycles. The van der Waals surface area contributed by atoms with Crippen LogP contribution in [0.1, 0.15) is 23.0 Å². The molecule has 0 fully saturated rings. The fourth-order valence-corrected chi connectivity index (χ4v) is 2.16. The van der Waals surface area contributed by atoms with Crippen LogP contribution in [0.2, 0.25) is 0 Å². The summed E-state index contributed by atoms with van der Waals surface area (Å²) >= 11 is 0. The van der Waals surface area contributed by atoms with Gasteiger partial charge < -0.3 is 10.6 Å². The van der Waals surface area contributed by atoms with Crippen molar-refractivity contribution in [3.8, 4) is 5.82 Å². The SMILES string of the molecule is CC(=O)Nc1ccc(-n2cnc(C(=O)NCc3cccnc3)c2)nc1. The summed E-state index contributed by atoms with van der Waals surface area (Å²) in [6, 6.07) is 7.15. The summed E-state index contributed by atoms with van der Waals surface area (Å²) in [5.74, 6) is 0.148. The summed E-state index contributed by atoms with van der Waals surface area (Å²) in [6.07, 6.45) is 8.02. The molecule has 0 atom stereocenters. The summed E-state index contributed by atoms with van der Waals surface area (Å²) in [5.41, 5.74) is 1.80. The van der Waals surface area contributed by atoms with Crippen molar-refractivity contribution >= 4 is 17.5 Å². The van der Waals surface area contributed by atoms with Gasteiger partial charge in [0.25, 0.3) is 5.91 Å². The Morgan fingerprint density at radius 1 is 1.16 bits per heavy atom. The molecule has 0 saturated carbocycles. The smallest absolute Gasteiger partial charge is 0.271 e. The van der Waals surface area contributed by atoms with Gasteiger partial charge in [-0.1, -0.05) is 6.07 Å². The molecule has 0 bridgehead atoms. The molecule has 8 nitrogen and oxygen atoms in total. The lowest BCUT2D eigenvalue weighted by Crippen LogP contribution is -2.23. The lowest BCUT2D eigenvalue weighted by Gasteiger charge is -2.04. The van der Waals surface area contributed by atoms with E-state index in [2.05, 4.69) is 25.6 Å². The third-order valence-electron chi connectivity index (χ3n) is 3.32. The molecule has 0 radical (unpaired) electrons. The van der Waals surface area contributed by atoms with Gasteiger partial charge in [0.05, 0.1) is 11.9 Å². The van der Waals surface area contributed by atoms with E-state index in [1.165, 1.54) is 13.3 Å². The van der Waals surface area contributed by atoms with Crippen molar-refractivity contribution in [2.75, 3.05) is 5.32 Å². The predicted octanol–water partition coefficient (Wildman–Crippen LogP) is 1.55. The molecule has 0 saturated heterocycles. The Morgan fingerprint density at radius 2 is 2.04 bits per heavy atom. The number of rotatable bonds is 5. The molecule has 2 N–H and O–H groups in total. The second-order valence-electron chi connectivity index (χ2n) is 5.30. The fourth-order valence-electron chi connectivity index (χ4n) is 2.16. The molecule has 0 unspecified atom stereocenters. The van der Waals surface area contributed by atoms with Crippen LogP contribution in [0.4, 0.5) is 5.69 Å². The van der Waals surface area contributed by atoms with Gasteiger partial charge in [0.2, 0.25) is 5.91 Å². The van der Waals surface area contributed by atoms with Crippen molar-refractivity contribution < 1.29 is 9.59 Å². The van der Waals surface area contributed by atoms with E-state index < -0.39 is 0 Å². The second kappa shape index (κ2) is 7.35. The molecule has 3 aromatic rings. The zero-order chi connectivity index (χ0) is 17.6. The number of anilines is 1. The number of imidazole rings is 1. The van der Waals surface area contributed by atoms with Crippen LogP contribution in [0, 0.1) is 0 Å². The zero-order valence-electron chi connectivity index (χ0n) is 13.5. The zero-order valence-corrected chi connectivity index (χ0v) is 13.5. The monoisotopic (exact) mass is 336 g/mol. The highest BCUT2D eigenvalue weighted by atomic mass is 16.2. The van der Waals surface area contributed by atoms with E-state index in [1.807, 2.05) is 12.1 Å². The molecule has 126 valence electrons. The van der Waals surface area contributed by atoms with Crippen molar-refractivity contribution in [2.24, 2.45) is 0 Å². The van der Waals surface area contributed by atoms with E-state index in [0.29, 0.717) is 18.1 Å². The Labute approximate surface area is 144 Å². The Kier molecular flexibility index (Phi) is 4.79. The number of nitrogens with zero attached hydrogens (tertiary/aromatic N) is 4. The molecule has 3 rings (SSSR count). The summed E-state index contributed by atoms with van der Waals surface area (Å²) < 4.78 is 1.64. The van der Waals surface area contributed by atoms with Crippen LogP contribution < -0.4 is 10.6 Å². The van der Waals surface area contributed by atoms with Gasteiger partial charge in [-0.15, -0.1) is 0 Å². The maximum absolute atomic E-state index is 12.2. The largest absolute Gasteiger partial charge is 0.347 e. The lowest BCUT2D eigenvalue weighted by atomic mass is 10.3. The van der Waals surface area contributed by atoms with E-state index in [4.69, 9.17) is 0 Å². The van der Waals surface area contributed by atoms with Gasteiger partial charge in [0.15, 0.2) is 0 Å². The van der Waals surface area contributed by atoms with Crippen LogP contribution in [-0.4, -0.2) is 31.3 Å². The van der Waals surface area contributed by atoms with Crippen LogP contribution >= 0.6 is 0 Å². The molecule has 0 aliphatic carbocycles. The van der Waals surface area contributed by atoms with Crippen LogP contribution in [0.25, 0.3) is 5.82 Å². The molecule has 0 aliphatic rings. The number of pyridine rings is 2. The van der Waals surface area contributed by atoms with Gasteiger partial charge in [-0.05, 0) is 23.8 Å². The van der Waals surface area contributed by atoms with Gasteiger partial charge >= 0.3 is 0 Å². The first kappa shape index (κ1) is 16.3. The van der Waals surface area contributed by atoms with E-state index in [1.54, 1.807) is 41.5 Å².